The molecule has 4 unspecified atom stereocenters. The zero-order valence-corrected chi connectivity index (χ0v) is 12.4. The minimum atomic E-state index is -0.171. The first-order valence-corrected chi connectivity index (χ1v) is 6.74. The van der Waals surface area contributed by atoms with Gasteiger partial charge in [-0.2, -0.15) is 0 Å². The topological polar surface area (TPSA) is 36.9 Å². The molecule has 0 aromatic carbocycles. The van der Waals surface area contributed by atoms with Crippen molar-refractivity contribution >= 4 is 0 Å². The molecular formula is C14H26O4. The predicted molar refractivity (Wildman–Crippen MR) is 68.7 cm³/mol. The highest BCUT2D eigenvalue weighted by molar-refractivity contribution is 4.97. The molecule has 2 rings (SSSR count). The molecule has 2 aliphatic rings. The van der Waals surface area contributed by atoms with Crippen LogP contribution in [-0.4, -0.2) is 48.8 Å². The second kappa shape index (κ2) is 4.75. The largest absolute Gasteiger partial charge is 0.370 e. The monoisotopic (exact) mass is 258 g/mol. The van der Waals surface area contributed by atoms with E-state index in [2.05, 4.69) is 41.5 Å². The van der Waals surface area contributed by atoms with Crippen LogP contribution < -0.4 is 0 Å². The highest BCUT2D eigenvalue weighted by atomic mass is 16.6. The predicted octanol–water partition coefficient (Wildman–Crippen LogP) is 2.15. The molecule has 0 N–H and O–H groups in total. The minimum Gasteiger partial charge on any atom is -0.370 e. The van der Waals surface area contributed by atoms with E-state index in [1.807, 2.05) is 0 Å². The Hall–Kier alpha value is -0.160. The number of hydrogen-bond donors (Lipinski definition) is 0. The number of hydrogen-bond acceptors (Lipinski definition) is 4. The third-order valence-electron chi connectivity index (χ3n) is 2.97. The third kappa shape index (κ3) is 3.44. The Morgan fingerprint density at radius 2 is 1.06 bits per heavy atom. The van der Waals surface area contributed by atoms with Crippen LogP contribution in [0.4, 0.5) is 0 Å². The summed E-state index contributed by atoms with van der Waals surface area (Å²) in [6, 6.07) is 0. The molecule has 0 radical (unpaired) electrons. The van der Waals surface area contributed by atoms with Gasteiger partial charge in [-0.05, 0) is 41.5 Å². The molecule has 4 heteroatoms. The zero-order chi connectivity index (χ0) is 13.6. The van der Waals surface area contributed by atoms with Crippen LogP contribution in [-0.2, 0) is 18.9 Å². The van der Waals surface area contributed by atoms with Crippen LogP contribution in [0.15, 0.2) is 0 Å². The van der Waals surface area contributed by atoms with Gasteiger partial charge in [-0.1, -0.05) is 0 Å². The summed E-state index contributed by atoms with van der Waals surface area (Å²) in [7, 11) is 0. The molecule has 0 spiro atoms. The average Bonchev–Trinajstić information content (AvgIpc) is 2.66. The molecule has 4 atom stereocenters. The Morgan fingerprint density at radius 1 is 0.722 bits per heavy atom. The van der Waals surface area contributed by atoms with E-state index in [9.17, 15) is 0 Å². The highest BCUT2D eigenvalue weighted by Crippen LogP contribution is 2.33. The van der Waals surface area contributed by atoms with Gasteiger partial charge in [0.1, 0.15) is 24.4 Å². The Balaban J connectivity index is 1.95. The molecule has 18 heavy (non-hydrogen) atoms. The zero-order valence-electron chi connectivity index (χ0n) is 12.4. The Morgan fingerprint density at radius 3 is 1.33 bits per heavy atom. The van der Waals surface area contributed by atoms with E-state index < -0.39 is 0 Å². The molecule has 2 saturated heterocycles. The van der Waals surface area contributed by atoms with Gasteiger partial charge in [-0.25, -0.2) is 0 Å². The summed E-state index contributed by atoms with van der Waals surface area (Å²) in [6.07, 6.45) is 0.0558. The first kappa shape index (κ1) is 14.3. The summed E-state index contributed by atoms with van der Waals surface area (Å²) in [5.41, 5.74) is -0.343. The molecule has 0 bridgehead atoms. The van der Waals surface area contributed by atoms with Gasteiger partial charge in [0.25, 0.3) is 0 Å². The number of fused-ring (bicyclic) bond motifs is 1. The lowest BCUT2D eigenvalue weighted by molar-refractivity contribution is -0.117. The van der Waals surface area contributed by atoms with Crippen LogP contribution in [0.5, 0.6) is 0 Å². The van der Waals surface area contributed by atoms with Crippen LogP contribution >= 0.6 is 0 Å². The second-order valence-electron chi connectivity index (χ2n) is 7.13. The quantitative estimate of drug-likeness (QED) is 0.760. The van der Waals surface area contributed by atoms with E-state index in [1.165, 1.54) is 0 Å². The fraction of sp³-hybridized carbons (Fsp3) is 1.00. The molecule has 2 aliphatic heterocycles. The van der Waals surface area contributed by atoms with Gasteiger partial charge in [0.05, 0.1) is 24.4 Å². The van der Waals surface area contributed by atoms with E-state index >= 15 is 0 Å². The summed E-state index contributed by atoms with van der Waals surface area (Å²) in [5, 5.41) is 0. The van der Waals surface area contributed by atoms with Gasteiger partial charge in [-0.15, -0.1) is 0 Å². The Labute approximate surface area is 110 Å². The van der Waals surface area contributed by atoms with Crippen molar-refractivity contribution in [1.82, 2.24) is 0 Å². The van der Waals surface area contributed by atoms with Gasteiger partial charge in [0, 0.05) is 0 Å². The second-order valence-corrected chi connectivity index (χ2v) is 7.13. The molecule has 2 fully saturated rings. The lowest BCUT2D eigenvalue weighted by atomic mass is 10.1. The van der Waals surface area contributed by atoms with Crippen molar-refractivity contribution in [2.45, 2.75) is 77.2 Å². The standard InChI is InChI=1S/C14H26O4/c1-13(2,3)17-9-7-15-12-10(8-16-11(9)12)18-14(4,5)6/h9-12H,7-8H2,1-6H3. The molecule has 0 aromatic rings. The normalized spacial score (nSPS) is 37.0. The van der Waals surface area contributed by atoms with Crippen LogP contribution in [0.2, 0.25) is 0 Å². The highest BCUT2D eigenvalue weighted by Gasteiger charge is 2.50. The lowest BCUT2D eigenvalue weighted by Crippen LogP contribution is -2.39. The van der Waals surface area contributed by atoms with Gasteiger partial charge in [0.15, 0.2) is 0 Å². The van der Waals surface area contributed by atoms with Gasteiger partial charge in [-0.3, -0.25) is 0 Å². The molecule has 4 nitrogen and oxygen atoms in total. The maximum Gasteiger partial charge on any atom is 0.115 e. The first-order valence-electron chi connectivity index (χ1n) is 6.74. The van der Waals surface area contributed by atoms with Gasteiger partial charge < -0.3 is 18.9 Å². The summed E-state index contributed by atoms with van der Waals surface area (Å²) in [5.74, 6) is 0. The summed E-state index contributed by atoms with van der Waals surface area (Å²) < 4.78 is 23.6. The molecule has 0 aliphatic carbocycles. The molecular weight excluding hydrogens is 232 g/mol. The Bertz CT molecular complexity index is 259. The van der Waals surface area contributed by atoms with Crippen LogP contribution in [0.3, 0.4) is 0 Å². The van der Waals surface area contributed by atoms with Crippen LogP contribution in [0.1, 0.15) is 41.5 Å². The van der Waals surface area contributed by atoms with Crippen molar-refractivity contribution in [1.29, 1.82) is 0 Å². The van der Waals surface area contributed by atoms with Crippen molar-refractivity contribution < 1.29 is 18.9 Å². The summed E-state index contributed by atoms with van der Waals surface area (Å²) >= 11 is 0. The van der Waals surface area contributed by atoms with Gasteiger partial charge in [0.2, 0.25) is 0 Å². The van der Waals surface area contributed by atoms with E-state index in [4.69, 9.17) is 18.9 Å². The summed E-state index contributed by atoms with van der Waals surface area (Å²) in [6.45, 7) is 13.5. The third-order valence-corrected chi connectivity index (χ3v) is 2.97. The van der Waals surface area contributed by atoms with E-state index in [-0.39, 0.29) is 35.6 Å². The molecule has 0 amide bonds. The number of rotatable bonds is 2. The first-order chi connectivity index (χ1) is 8.16. The summed E-state index contributed by atoms with van der Waals surface area (Å²) in [4.78, 5) is 0. The van der Waals surface area contributed by atoms with Crippen molar-refractivity contribution in [3.05, 3.63) is 0 Å². The van der Waals surface area contributed by atoms with Crippen molar-refractivity contribution in [3.8, 4) is 0 Å². The van der Waals surface area contributed by atoms with Gasteiger partial charge >= 0.3 is 0 Å². The molecule has 2 heterocycles. The molecule has 0 aromatic heterocycles. The van der Waals surface area contributed by atoms with E-state index in [0.717, 1.165) is 0 Å². The van der Waals surface area contributed by atoms with Crippen molar-refractivity contribution in [2.75, 3.05) is 13.2 Å². The fourth-order valence-corrected chi connectivity index (χ4v) is 2.54. The molecule has 0 saturated carbocycles. The van der Waals surface area contributed by atoms with E-state index in [0.29, 0.717) is 13.2 Å². The fourth-order valence-electron chi connectivity index (χ4n) is 2.54. The van der Waals surface area contributed by atoms with E-state index in [1.54, 1.807) is 0 Å². The maximum atomic E-state index is 5.99. The average molecular weight is 258 g/mol. The van der Waals surface area contributed by atoms with Crippen LogP contribution in [0, 0.1) is 0 Å². The number of ether oxygens (including phenoxy) is 4. The molecule has 106 valence electrons. The SMILES string of the molecule is CC(C)(C)OC1COC2C(OC(C)(C)C)COC12. The smallest absolute Gasteiger partial charge is 0.115 e. The van der Waals surface area contributed by atoms with Crippen molar-refractivity contribution in [2.24, 2.45) is 0 Å². The maximum absolute atomic E-state index is 5.99. The van der Waals surface area contributed by atoms with Crippen molar-refractivity contribution in [3.63, 3.8) is 0 Å². The lowest BCUT2D eigenvalue weighted by Gasteiger charge is -2.27. The van der Waals surface area contributed by atoms with Crippen LogP contribution in [0.25, 0.3) is 0 Å². The minimum absolute atomic E-state index is 0.0107. The Kier molecular flexibility index (Phi) is 3.76.